The molecular weight excluding hydrogens is 272 g/mol. The van der Waals surface area contributed by atoms with E-state index in [9.17, 15) is 4.79 Å². The van der Waals surface area contributed by atoms with E-state index in [2.05, 4.69) is 28.6 Å². The third-order valence-electron chi connectivity index (χ3n) is 3.96. The topological polar surface area (TPSA) is 41.6 Å². The fourth-order valence-electron chi connectivity index (χ4n) is 2.46. The number of ether oxygens (including phenoxy) is 1. The Hall–Kier alpha value is -0.910. The summed E-state index contributed by atoms with van der Waals surface area (Å²) in [6.45, 7) is 9.14. The van der Waals surface area contributed by atoms with Crippen molar-refractivity contribution in [3.63, 3.8) is 0 Å². The number of hydrogen-bond donors (Lipinski definition) is 1. The molecule has 0 spiro atoms. The smallest absolute Gasteiger partial charge is 0.240 e. The zero-order valence-electron chi connectivity index (χ0n) is 12.5. The molecule has 20 heavy (non-hydrogen) atoms. The number of amides is 1. The van der Waals surface area contributed by atoms with Gasteiger partial charge in [-0.15, -0.1) is 11.3 Å². The molecule has 1 atom stereocenters. The molecule has 1 aromatic rings. The first-order valence-corrected chi connectivity index (χ1v) is 8.11. The van der Waals surface area contributed by atoms with Gasteiger partial charge in [-0.1, -0.05) is 13.0 Å². The first-order chi connectivity index (χ1) is 9.55. The molecule has 1 unspecified atom stereocenters. The number of thiophene rings is 1. The van der Waals surface area contributed by atoms with Crippen molar-refractivity contribution in [2.75, 3.05) is 26.3 Å². The van der Waals surface area contributed by atoms with Gasteiger partial charge in [0.2, 0.25) is 5.91 Å². The molecule has 0 radical (unpaired) electrons. The summed E-state index contributed by atoms with van der Waals surface area (Å²) in [7, 11) is 0. The van der Waals surface area contributed by atoms with Crippen molar-refractivity contribution in [2.45, 2.75) is 38.8 Å². The lowest BCUT2D eigenvalue weighted by Gasteiger charge is -2.40. The van der Waals surface area contributed by atoms with Crippen molar-refractivity contribution < 1.29 is 9.53 Å². The number of carbonyl (C=O) groups is 1. The Kier molecular flexibility index (Phi) is 5.18. The van der Waals surface area contributed by atoms with Crippen LogP contribution >= 0.6 is 11.3 Å². The standard InChI is InChI=1S/C15H24N2O2S/c1-4-12(13-6-5-11-20-13)16-14(18)15(2,3)17-7-9-19-10-8-17/h5-6,11-12H,4,7-10H2,1-3H3,(H,16,18). The van der Waals surface area contributed by atoms with Crippen LogP contribution in [-0.2, 0) is 9.53 Å². The van der Waals surface area contributed by atoms with Crippen molar-refractivity contribution in [1.29, 1.82) is 0 Å². The van der Waals surface area contributed by atoms with E-state index in [4.69, 9.17) is 4.74 Å². The van der Waals surface area contributed by atoms with Crippen LogP contribution < -0.4 is 5.32 Å². The van der Waals surface area contributed by atoms with Crippen LogP contribution in [0.3, 0.4) is 0 Å². The zero-order chi connectivity index (χ0) is 14.6. The van der Waals surface area contributed by atoms with Crippen LogP contribution in [0, 0.1) is 0 Å². The molecule has 1 amide bonds. The van der Waals surface area contributed by atoms with Crippen LogP contribution in [0.25, 0.3) is 0 Å². The van der Waals surface area contributed by atoms with Gasteiger partial charge in [-0.05, 0) is 31.7 Å². The second-order valence-corrected chi connectivity index (χ2v) is 6.59. The van der Waals surface area contributed by atoms with Gasteiger partial charge in [-0.2, -0.15) is 0 Å². The number of nitrogens with one attached hydrogen (secondary N) is 1. The van der Waals surface area contributed by atoms with Crippen LogP contribution in [0.4, 0.5) is 0 Å². The van der Waals surface area contributed by atoms with Crippen LogP contribution in [0.15, 0.2) is 17.5 Å². The quantitative estimate of drug-likeness (QED) is 0.907. The molecule has 4 nitrogen and oxygen atoms in total. The largest absolute Gasteiger partial charge is 0.379 e. The predicted octanol–water partition coefficient (Wildman–Crippen LogP) is 2.43. The lowest BCUT2D eigenvalue weighted by Crippen LogP contribution is -2.58. The Morgan fingerprint density at radius 1 is 1.50 bits per heavy atom. The number of rotatable bonds is 5. The van der Waals surface area contributed by atoms with Gasteiger partial charge in [-0.25, -0.2) is 0 Å². The van der Waals surface area contributed by atoms with Crippen molar-refractivity contribution in [1.82, 2.24) is 10.2 Å². The molecule has 0 aliphatic carbocycles. The molecule has 1 aliphatic heterocycles. The Morgan fingerprint density at radius 3 is 2.75 bits per heavy atom. The average molecular weight is 296 g/mol. The molecule has 5 heteroatoms. The van der Waals surface area contributed by atoms with Gasteiger partial charge >= 0.3 is 0 Å². The molecule has 112 valence electrons. The minimum Gasteiger partial charge on any atom is -0.379 e. The molecule has 2 heterocycles. The second kappa shape index (κ2) is 6.70. The van der Waals surface area contributed by atoms with Gasteiger partial charge in [0.05, 0.1) is 24.8 Å². The average Bonchev–Trinajstić information content (AvgIpc) is 2.99. The summed E-state index contributed by atoms with van der Waals surface area (Å²) in [5.41, 5.74) is -0.492. The summed E-state index contributed by atoms with van der Waals surface area (Å²) >= 11 is 1.70. The van der Waals surface area contributed by atoms with E-state index >= 15 is 0 Å². The summed E-state index contributed by atoms with van der Waals surface area (Å²) in [5.74, 6) is 0.0969. The lowest BCUT2D eigenvalue weighted by atomic mass is 9.99. The van der Waals surface area contributed by atoms with Gasteiger partial charge < -0.3 is 10.1 Å². The highest BCUT2D eigenvalue weighted by atomic mass is 32.1. The SMILES string of the molecule is CCC(NC(=O)C(C)(C)N1CCOCC1)c1cccs1. The minimum absolute atomic E-state index is 0.0969. The van der Waals surface area contributed by atoms with Crippen LogP contribution in [0.1, 0.15) is 38.1 Å². The van der Waals surface area contributed by atoms with Gasteiger partial charge in [0.25, 0.3) is 0 Å². The van der Waals surface area contributed by atoms with Gasteiger partial charge in [-0.3, -0.25) is 9.69 Å². The first kappa shape index (κ1) is 15.5. The molecular formula is C15H24N2O2S. The molecule has 2 rings (SSSR count). The maximum absolute atomic E-state index is 12.6. The molecule has 1 fully saturated rings. The fourth-order valence-corrected chi connectivity index (χ4v) is 3.33. The van der Waals surface area contributed by atoms with E-state index < -0.39 is 5.54 Å². The first-order valence-electron chi connectivity index (χ1n) is 7.23. The summed E-state index contributed by atoms with van der Waals surface area (Å²) in [5, 5.41) is 5.25. The highest BCUT2D eigenvalue weighted by molar-refractivity contribution is 7.10. The Morgan fingerprint density at radius 2 is 2.20 bits per heavy atom. The zero-order valence-corrected chi connectivity index (χ0v) is 13.3. The second-order valence-electron chi connectivity index (χ2n) is 5.61. The van der Waals surface area contributed by atoms with E-state index in [0.717, 1.165) is 19.5 Å². The van der Waals surface area contributed by atoms with E-state index in [1.54, 1.807) is 11.3 Å². The van der Waals surface area contributed by atoms with E-state index in [-0.39, 0.29) is 11.9 Å². The third kappa shape index (κ3) is 3.40. The maximum atomic E-state index is 12.6. The van der Waals surface area contributed by atoms with Crippen molar-refractivity contribution in [3.8, 4) is 0 Å². The Balaban J connectivity index is 2.02. The molecule has 1 aromatic heterocycles. The number of nitrogens with zero attached hydrogens (tertiary/aromatic N) is 1. The number of morpholine rings is 1. The number of carbonyl (C=O) groups excluding carboxylic acids is 1. The molecule has 1 aliphatic rings. The summed E-state index contributed by atoms with van der Waals surface area (Å²) in [6, 6.07) is 4.23. The van der Waals surface area contributed by atoms with Crippen molar-refractivity contribution >= 4 is 17.2 Å². The number of hydrogen-bond acceptors (Lipinski definition) is 4. The van der Waals surface area contributed by atoms with E-state index in [0.29, 0.717) is 13.2 Å². The lowest BCUT2D eigenvalue weighted by molar-refractivity contribution is -0.135. The summed E-state index contributed by atoms with van der Waals surface area (Å²) in [4.78, 5) is 16.1. The minimum atomic E-state index is -0.492. The van der Waals surface area contributed by atoms with Gasteiger partial charge in [0.15, 0.2) is 0 Å². The van der Waals surface area contributed by atoms with E-state index in [1.165, 1.54) is 4.88 Å². The van der Waals surface area contributed by atoms with Crippen molar-refractivity contribution in [2.24, 2.45) is 0 Å². The van der Waals surface area contributed by atoms with Crippen LogP contribution in [0.2, 0.25) is 0 Å². The molecule has 1 saturated heterocycles. The molecule has 0 aromatic carbocycles. The summed E-state index contributed by atoms with van der Waals surface area (Å²) < 4.78 is 5.36. The highest BCUT2D eigenvalue weighted by Crippen LogP contribution is 2.24. The normalized spacial score (nSPS) is 18.8. The Labute approximate surface area is 125 Å². The van der Waals surface area contributed by atoms with Crippen molar-refractivity contribution in [3.05, 3.63) is 22.4 Å². The summed E-state index contributed by atoms with van der Waals surface area (Å²) in [6.07, 6.45) is 0.908. The highest BCUT2D eigenvalue weighted by Gasteiger charge is 2.36. The van der Waals surface area contributed by atoms with Crippen LogP contribution in [0.5, 0.6) is 0 Å². The van der Waals surface area contributed by atoms with Gasteiger partial charge in [0.1, 0.15) is 0 Å². The maximum Gasteiger partial charge on any atom is 0.240 e. The fraction of sp³-hybridized carbons (Fsp3) is 0.667. The predicted molar refractivity (Wildman–Crippen MR) is 82.0 cm³/mol. The molecule has 1 N–H and O–H groups in total. The Bertz CT molecular complexity index is 425. The molecule has 0 bridgehead atoms. The van der Waals surface area contributed by atoms with Crippen LogP contribution in [-0.4, -0.2) is 42.6 Å². The molecule has 0 saturated carbocycles. The monoisotopic (exact) mass is 296 g/mol. The van der Waals surface area contributed by atoms with Gasteiger partial charge in [0, 0.05) is 18.0 Å². The van der Waals surface area contributed by atoms with E-state index in [1.807, 2.05) is 19.9 Å². The third-order valence-corrected chi connectivity index (χ3v) is 4.94.